The summed E-state index contributed by atoms with van der Waals surface area (Å²) < 4.78 is 32.2. The number of nitrogens with one attached hydrogen (secondary N) is 1. The first-order valence-corrected chi connectivity index (χ1v) is 14.7. The number of hydrogen-bond acceptors (Lipinski definition) is 7. The molecule has 198 valence electrons. The van der Waals surface area contributed by atoms with Crippen molar-refractivity contribution in [1.29, 1.82) is 0 Å². The number of hydrogen-bond donors (Lipinski definition) is 3. The maximum atomic E-state index is 12.2. The molecule has 10 heteroatoms. The summed E-state index contributed by atoms with van der Waals surface area (Å²) in [4.78, 5) is 24.3. The third kappa shape index (κ3) is 5.54. The van der Waals surface area contributed by atoms with Gasteiger partial charge in [0.2, 0.25) is 5.91 Å². The van der Waals surface area contributed by atoms with Gasteiger partial charge in [0.1, 0.15) is 0 Å². The van der Waals surface area contributed by atoms with Crippen LogP contribution in [0, 0.1) is 40.4 Å². The molecule has 4 rings (SSSR count). The van der Waals surface area contributed by atoms with Crippen molar-refractivity contribution < 1.29 is 62.3 Å². The molecular weight excluding hydrogens is 493 g/mol. The molecule has 0 spiro atoms. The molecular formula is C26H40NNaO7S. The number of rotatable bonds is 7. The van der Waals surface area contributed by atoms with E-state index in [0.29, 0.717) is 25.7 Å². The van der Waals surface area contributed by atoms with E-state index in [1.54, 1.807) is 6.08 Å². The molecule has 3 saturated carbocycles. The monoisotopic (exact) mass is 533 g/mol. The smallest absolute Gasteiger partial charge is 0.748 e. The third-order valence-corrected chi connectivity index (χ3v) is 11.1. The van der Waals surface area contributed by atoms with E-state index in [-0.39, 0.29) is 94.6 Å². The Balaban J connectivity index is 0.00000361. The van der Waals surface area contributed by atoms with Crippen LogP contribution in [0.5, 0.6) is 0 Å². The summed E-state index contributed by atoms with van der Waals surface area (Å²) in [6.07, 6.45) is 5.90. The van der Waals surface area contributed by atoms with Crippen LogP contribution in [0.3, 0.4) is 0 Å². The molecule has 36 heavy (non-hydrogen) atoms. The number of fused-ring (bicyclic) bond motifs is 5. The molecule has 0 unspecified atom stereocenters. The van der Waals surface area contributed by atoms with Crippen LogP contribution < -0.4 is 34.9 Å². The van der Waals surface area contributed by atoms with Crippen molar-refractivity contribution in [2.75, 3.05) is 12.3 Å². The fourth-order valence-electron chi connectivity index (χ4n) is 8.42. The van der Waals surface area contributed by atoms with Crippen LogP contribution in [0.2, 0.25) is 0 Å². The molecule has 3 fully saturated rings. The van der Waals surface area contributed by atoms with Crippen molar-refractivity contribution in [1.82, 2.24) is 5.32 Å². The Morgan fingerprint density at radius 2 is 1.94 bits per heavy atom. The second-order valence-corrected chi connectivity index (χ2v) is 13.6. The minimum absolute atomic E-state index is 0. The van der Waals surface area contributed by atoms with Crippen molar-refractivity contribution in [2.24, 2.45) is 40.4 Å². The molecule has 0 bridgehead atoms. The predicted molar refractivity (Wildman–Crippen MR) is 129 cm³/mol. The summed E-state index contributed by atoms with van der Waals surface area (Å²) in [5.74, 6) is 0.0591. The van der Waals surface area contributed by atoms with Gasteiger partial charge in [0.25, 0.3) is 0 Å². The van der Waals surface area contributed by atoms with Gasteiger partial charge < -0.3 is 20.1 Å². The third-order valence-electron chi connectivity index (χ3n) is 10.4. The molecule has 9 atom stereocenters. The molecule has 0 aromatic carbocycles. The Labute approximate surface area is 237 Å². The number of carbonyl (C=O) groups excluding carboxylic acids is 2. The van der Waals surface area contributed by atoms with Crippen molar-refractivity contribution in [3.63, 3.8) is 0 Å². The van der Waals surface area contributed by atoms with Gasteiger partial charge in [-0.3, -0.25) is 9.59 Å². The van der Waals surface area contributed by atoms with E-state index in [9.17, 15) is 32.8 Å². The van der Waals surface area contributed by atoms with E-state index in [4.69, 9.17) is 0 Å². The van der Waals surface area contributed by atoms with Gasteiger partial charge in [-0.1, -0.05) is 26.3 Å². The number of aliphatic hydroxyl groups excluding tert-OH is 2. The van der Waals surface area contributed by atoms with Crippen LogP contribution in [0.25, 0.3) is 0 Å². The Morgan fingerprint density at radius 1 is 1.25 bits per heavy atom. The van der Waals surface area contributed by atoms with Gasteiger partial charge in [-0.25, -0.2) is 8.42 Å². The van der Waals surface area contributed by atoms with Gasteiger partial charge >= 0.3 is 29.6 Å². The quantitative estimate of drug-likeness (QED) is 0.286. The molecule has 8 nitrogen and oxygen atoms in total. The standard InChI is InChI=1S/C26H41NO7S.Na/c1-15(4-7-23(31)27-10-11-35(32,33)34)18-5-6-19-24-20(14-22(30)26(18,19)3)25(2)9-8-17(28)12-16(25)13-21(24)29;/h12,15,18-22,24,29-30H,4-11,13-14H2,1-3H3,(H,27,31)(H,32,33,34);/q;+1/p-1/t15-,18-,19+,20+,21-,22+,24+,25+,26-;/m1./s1. The average molecular weight is 534 g/mol. The van der Waals surface area contributed by atoms with E-state index in [2.05, 4.69) is 26.1 Å². The van der Waals surface area contributed by atoms with Crippen LogP contribution in [0.4, 0.5) is 0 Å². The van der Waals surface area contributed by atoms with Crippen molar-refractivity contribution in [3.8, 4) is 0 Å². The van der Waals surface area contributed by atoms with E-state index in [1.165, 1.54) is 0 Å². The van der Waals surface area contributed by atoms with E-state index >= 15 is 0 Å². The maximum absolute atomic E-state index is 12.2. The summed E-state index contributed by atoms with van der Waals surface area (Å²) in [6.45, 7) is 6.31. The van der Waals surface area contributed by atoms with Crippen LogP contribution in [0.1, 0.15) is 72.1 Å². The van der Waals surface area contributed by atoms with Crippen LogP contribution in [-0.2, 0) is 19.7 Å². The first-order chi connectivity index (χ1) is 16.3. The van der Waals surface area contributed by atoms with E-state index in [0.717, 1.165) is 24.8 Å². The Kier molecular flexibility index (Phi) is 9.30. The Bertz CT molecular complexity index is 1000. The van der Waals surface area contributed by atoms with Gasteiger partial charge in [0, 0.05) is 19.4 Å². The number of carbonyl (C=O) groups is 2. The molecule has 0 aromatic heterocycles. The van der Waals surface area contributed by atoms with Crippen LogP contribution >= 0.6 is 0 Å². The SMILES string of the molecule is C[C@H](CCC(=O)NCCS(=O)(=O)[O-])[C@H]1CC[C@H]2[C@@H]3[C@H](O)CC4=CC(=O)CC[C@]4(C)[C@H]3C[C@H](O)[C@]12C.[Na+]. The van der Waals surface area contributed by atoms with E-state index in [1.807, 2.05) is 0 Å². The minimum atomic E-state index is -4.35. The Morgan fingerprint density at radius 3 is 2.61 bits per heavy atom. The predicted octanol–water partition coefficient (Wildman–Crippen LogP) is -0.842. The van der Waals surface area contributed by atoms with Crippen molar-refractivity contribution in [3.05, 3.63) is 11.6 Å². The zero-order valence-corrected chi connectivity index (χ0v) is 24.9. The molecule has 0 aromatic rings. The second kappa shape index (κ2) is 11.1. The molecule has 3 N–H and O–H groups in total. The fourth-order valence-corrected chi connectivity index (χ4v) is 8.78. The van der Waals surface area contributed by atoms with Crippen LogP contribution in [0.15, 0.2) is 11.6 Å². The molecule has 4 aliphatic carbocycles. The van der Waals surface area contributed by atoms with Gasteiger partial charge in [-0.05, 0) is 85.0 Å². The zero-order valence-electron chi connectivity index (χ0n) is 22.0. The number of ketones is 1. The topological polar surface area (TPSA) is 144 Å². The molecule has 4 aliphatic rings. The number of amides is 1. The minimum Gasteiger partial charge on any atom is -0.748 e. The van der Waals surface area contributed by atoms with Gasteiger partial charge in [0.15, 0.2) is 5.78 Å². The van der Waals surface area contributed by atoms with Gasteiger partial charge in [0.05, 0.1) is 28.1 Å². The Hall–Kier alpha value is -0.290. The van der Waals surface area contributed by atoms with Crippen LogP contribution in [-0.4, -0.2) is 59.4 Å². The van der Waals surface area contributed by atoms with Gasteiger partial charge in [-0.15, -0.1) is 0 Å². The largest absolute Gasteiger partial charge is 1.00 e. The summed E-state index contributed by atoms with van der Waals surface area (Å²) in [7, 11) is -4.35. The molecule has 0 heterocycles. The molecule has 0 radical (unpaired) electrons. The number of aliphatic hydroxyl groups is 2. The summed E-state index contributed by atoms with van der Waals surface area (Å²) in [6, 6.07) is 0. The fraction of sp³-hybridized carbons (Fsp3) is 0.846. The van der Waals surface area contributed by atoms with E-state index < -0.39 is 28.1 Å². The molecule has 0 saturated heterocycles. The maximum Gasteiger partial charge on any atom is 1.00 e. The summed E-state index contributed by atoms with van der Waals surface area (Å²) in [5, 5.41) is 25.4. The zero-order chi connectivity index (χ0) is 25.8. The second-order valence-electron chi connectivity index (χ2n) is 12.0. The van der Waals surface area contributed by atoms with Crippen molar-refractivity contribution >= 4 is 21.8 Å². The molecule has 0 aliphatic heterocycles. The summed E-state index contributed by atoms with van der Waals surface area (Å²) >= 11 is 0. The first-order valence-electron chi connectivity index (χ1n) is 13.1. The van der Waals surface area contributed by atoms with Crippen molar-refractivity contribution in [2.45, 2.75) is 84.3 Å². The molecule has 1 amide bonds. The first kappa shape index (κ1) is 30.3. The average Bonchev–Trinajstić information content (AvgIpc) is 3.12. The normalized spacial score (nSPS) is 40.7. The van der Waals surface area contributed by atoms with Gasteiger partial charge in [-0.2, -0.15) is 0 Å². The summed E-state index contributed by atoms with van der Waals surface area (Å²) in [5.41, 5.74) is 0.549.